The van der Waals surface area contributed by atoms with Crippen LogP contribution in [0.1, 0.15) is 24.5 Å². The van der Waals surface area contributed by atoms with Crippen LogP contribution < -0.4 is 0 Å². The van der Waals surface area contributed by atoms with E-state index >= 15 is 0 Å². The van der Waals surface area contributed by atoms with Crippen LogP contribution in [-0.4, -0.2) is 17.7 Å². The Morgan fingerprint density at radius 1 is 0.867 bits per heavy atom. The maximum Gasteiger partial charge on any atom is 0.331 e. The number of carbonyl (C=O) groups excluding carboxylic acids is 1. The van der Waals surface area contributed by atoms with Crippen molar-refractivity contribution < 1.29 is 14.6 Å². The van der Waals surface area contributed by atoms with Crippen LogP contribution in [0.4, 0.5) is 0 Å². The summed E-state index contributed by atoms with van der Waals surface area (Å²) in [6.07, 6.45) is 3.14. The second-order valence-electron chi connectivity index (χ2n) is 7.35. The number of benzene rings is 4. The number of rotatable bonds is 6. The van der Waals surface area contributed by atoms with Gasteiger partial charge in [0.15, 0.2) is 0 Å². The third-order valence-corrected chi connectivity index (χ3v) is 5.27. The summed E-state index contributed by atoms with van der Waals surface area (Å²) in [5.74, 6) is -0.0409. The number of carbonyl (C=O) groups is 1. The van der Waals surface area contributed by atoms with Crippen molar-refractivity contribution in [1.82, 2.24) is 0 Å². The first-order valence-electron chi connectivity index (χ1n) is 10.2. The lowest BCUT2D eigenvalue weighted by Crippen LogP contribution is -2.02. The standard InChI is InChI=1S/C27H24O3/c1-2-30-27(29)18-25(23-12-11-20-5-3-4-6-21(20)16-23)10-8-19-7-9-24-17-26(28)14-13-22(24)15-19/h3-7,9,11-18,28H,2,8,10H2,1H3. The van der Waals surface area contributed by atoms with E-state index in [4.69, 9.17) is 4.74 Å². The van der Waals surface area contributed by atoms with Crippen molar-refractivity contribution in [2.24, 2.45) is 0 Å². The summed E-state index contributed by atoms with van der Waals surface area (Å²) in [6.45, 7) is 2.17. The summed E-state index contributed by atoms with van der Waals surface area (Å²) in [5.41, 5.74) is 3.18. The number of phenols is 1. The van der Waals surface area contributed by atoms with E-state index in [1.54, 1.807) is 18.2 Å². The summed E-state index contributed by atoms with van der Waals surface area (Å²) >= 11 is 0. The number of allylic oxidation sites excluding steroid dienone is 1. The minimum absolute atomic E-state index is 0.270. The Morgan fingerprint density at radius 3 is 2.40 bits per heavy atom. The number of esters is 1. The Labute approximate surface area is 176 Å². The molecule has 30 heavy (non-hydrogen) atoms. The zero-order chi connectivity index (χ0) is 20.9. The molecule has 0 aliphatic rings. The topological polar surface area (TPSA) is 46.5 Å². The first-order valence-corrected chi connectivity index (χ1v) is 10.2. The molecule has 4 aromatic rings. The van der Waals surface area contributed by atoms with Gasteiger partial charge in [0.25, 0.3) is 0 Å². The Kier molecular flexibility index (Phi) is 5.80. The summed E-state index contributed by atoms with van der Waals surface area (Å²) in [4.78, 5) is 12.2. The molecule has 0 amide bonds. The number of fused-ring (bicyclic) bond motifs is 2. The average molecular weight is 396 g/mol. The number of hydrogen-bond acceptors (Lipinski definition) is 3. The van der Waals surface area contributed by atoms with Gasteiger partial charge in [-0.2, -0.15) is 0 Å². The van der Waals surface area contributed by atoms with E-state index in [9.17, 15) is 9.90 Å². The van der Waals surface area contributed by atoms with Gasteiger partial charge in [-0.05, 0) is 76.2 Å². The van der Waals surface area contributed by atoms with E-state index in [2.05, 4.69) is 42.5 Å². The lowest BCUT2D eigenvalue weighted by Gasteiger charge is -2.11. The molecule has 3 heteroatoms. The van der Waals surface area contributed by atoms with Gasteiger partial charge in [0.05, 0.1) is 6.61 Å². The van der Waals surface area contributed by atoms with Crippen LogP contribution in [0.25, 0.3) is 27.1 Å². The molecule has 150 valence electrons. The monoisotopic (exact) mass is 396 g/mol. The zero-order valence-electron chi connectivity index (χ0n) is 17.0. The molecule has 0 fully saturated rings. The van der Waals surface area contributed by atoms with E-state index < -0.39 is 0 Å². The van der Waals surface area contributed by atoms with E-state index in [0.29, 0.717) is 6.61 Å². The van der Waals surface area contributed by atoms with E-state index in [-0.39, 0.29) is 11.7 Å². The van der Waals surface area contributed by atoms with Crippen molar-refractivity contribution in [3.8, 4) is 5.75 Å². The molecule has 0 spiro atoms. The van der Waals surface area contributed by atoms with Gasteiger partial charge >= 0.3 is 5.97 Å². The molecular formula is C27H24O3. The molecule has 4 rings (SSSR count). The van der Waals surface area contributed by atoms with Gasteiger partial charge in [0.1, 0.15) is 5.75 Å². The van der Waals surface area contributed by atoms with Gasteiger partial charge in [-0.1, -0.05) is 60.7 Å². The highest BCUT2D eigenvalue weighted by atomic mass is 16.5. The molecule has 0 atom stereocenters. The van der Waals surface area contributed by atoms with Gasteiger partial charge in [-0.25, -0.2) is 4.79 Å². The Morgan fingerprint density at radius 2 is 1.57 bits per heavy atom. The van der Waals surface area contributed by atoms with Crippen molar-refractivity contribution >= 4 is 33.1 Å². The number of phenolic OH excluding ortho intramolecular Hbond substituents is 1. The fourth-order valence-electron chi connectivity index (χ4n) is 3.73. The van der Waals surface area contributed by atoms with Crippen molar-refractivity contribution in [1.29, 1.82) is 0 Å². The largest absolute Gasteiger partial charge is 0.508 e. The molecule has 0 saturated carbocycles. The molecule has 0 aliphatic heterocycles. The first-order chi connectivity index (χ1) is 14.6. The molecule has 0 heterocycles. The normalized spacial score (nSPS) is 11.7. The molecule has 0 aliphatic carbocycles. The number of ether oxygens (including phenoxy) is 1. The Bertz CT molecular complexity index is 1240. The van der Waals surface area contributed by atoms with E-state index in [0.717, 1.165) is 40.1 Å². The van der Waals surface area contributed by atoms with Crippen LogP contribution in [0.2, 0.25) is 0 Å². The highest BCUT2D eigenvalue weighted by Gasteiger charge is 2.08. The summed E-state index contributed by atoms with van der Waals surface area (Å²) < 4.78 is 5.16. The molecule has 0 radical (unpaired) electrons. The molecule has 1 N–H and O–H groups in total. The Balaban J connectivity index is 1.62. The zero-order valence-corrected chi connectivity index (χ0v) is 17.0. The maximum atomic E-state index is 12.2. The molecule has 0 bridgehead atoms. The van der Waals surface area contributed by atoms with Crippen LogP contribution >= 0.6 is 0 Å². The van der Waals surface area contributed by atoms with Crippen LogP contribution in [-0.2, 0) is 16.0 Å². The van der Waals surface area contributed by atoms with Crippen LogP contribution in [0.5, 0.6) is 5.75 Å². The Hall–Kier alpha value is -3.59. The second-order valence-corrected chi connectivity index (χ2v) is 7.35. The summed E-state index contributed by atoms with van der Waals surface area (Å²) in [7, 11) is 0. The van der Waals surface area contributed by atoms with Gasteiger partial charge in [0.2, 0.25) is 0 Å². The van der Waals surface area contributed by atoms with E-state index in [1.165, 1.54) is 10.9 Å². The molecule has 0 aromatic heterocycles. The lowest BCUT2D eigenvalue weighted by molar-refractivity contribution is -0.137. The number of aryl methyl sites for hydroxylation is 1. The molecule has 4 aromatic carbocycles. The average Bonchev–Trinajstić information content (AvgIpc) is 2.76. The summed E-state index contributed by atoms with van der Waals surface area (Å²) in [5, 5.41) is 14.1. The van der Waals surface area contributed by atoms with Gasteiger partial charge < -0.3 is 9.84 Å². The second kappa shape index (κ2) is 8.83. The van der Waals surface area contributed by atoms with Crippen LogP contribution in [0.15, 0.2) is 84.9 Å². The van der Waals surface area contributed by atoms with Gasteiger partial charge in [-0.3, -0.25) is 0 Å². The van der Waals surface area contributed by atoms with Crippen molar-refractivity contribution in [2.45, 2.75) is 19.8 Å². The fraction of sp³-hybridized carbons (Fsp3) is 0.148. The maximum absolute atomic E-state index is 12.2. The minimum atomic E-state index is -0.311. The quantitative estimate of drug-likeness (QED) is 0.308. The molecule has 0 unspecified atom stereocenters. The van der Waals surface area contributed by atoms with Crippen LogP contribution in [0.3, 0.4) is 0 Å². The number of hydrogen-bond donors (Lipinski definition) is 1. The van der Waals surface area contributed by atoms with Gasteiger partial charge in [-0.15, -0.1) is 0 Å². The fourth-order valence-corrected chi connectivity index (χ4v) is 3.73. The molecular weight excluding hydrogens is 372 g/mol. The predicted octanol–water partition coefficient (Wildman–Crippen LogP) is 6.28. The third-order valence-electron chi connectivity index (χ3n) is 5.27. The highest BCUT2D eigenvalue weighted by molar-refractivity contribution is 5.94. The van der Waals surface area contributed by atoms with Crippen molar-refractivity contribution in [3.05, 3.63) is 96.1 Å². The van der Waals surface area contributed by atoms with E-state index in [1.807, 2.05) is 31.2 Å². The number of aromatic hydroxyl groups is 1. The molecule has 0 saturated heterocycles. The minimum Gasteiger partial charge on any atom is -0.508 e. The lowest BCUT2D eigenvalue weighted by atomic mass is 9.95. The van der Waals surface area contributed by atoms with Crippen molar-refractivity contribution in [2.75, 3.05) is 6.61 Å². The van der Waals surface area contributed by atoms with Gasteiger partial charge in [0, 0.05) is 6.08 Å². The third kappa shape index (κ3) is 4.52. The predicted molar refractivity (Wildman–Crippen MR) is 122 cm³/mol. The summed E-state index contributed by atoms with van der Waals surface area (Å²) in [6, 6.07) is 26.1. The smallest absolute Gasteiger partial charge is 0.331 e. The SMILES string of the molecule is CCOC(=O)C=C(CCc1ccc2cc(O)ccc2c1)c1ccc2ccccc2c1. The molecule has 3 nitrogen and oxygen atoms in total. The van der Waals surface area contributed by atoms with Crippen LogP contribution in [0, 0.1) is 0 Å². The highest BCUT2D eigenvalue weighted by Crippen LogP contribution is 2.27. The van der Waals surface area contributed by atoms with Crippen molar-refractivity contribution in [3.63, 3.8) is 0 Å². The first kappa shape index (κ1) is 19.7.